The van der Waals surface area contributed by atoms with Crippen LogP contribution in [-0.2, 0) is 15.1 Å². The molecular formula is C25H30F2N6O3. The number of likely N-dealkylation sites (tertiary alicyclic amines) is 1. The van der Waals surface area contributed by atoms with Crippen LogP contribution < -0.4 is 16.2 Å². The minimum atomic E-state index is -3.22. The van der Waals surface area contributed by atoms with Crippen molar-refractivity contribution in [3.8, 4) is 0 Å². The van der Waals surface area contributed by atoms with Crippen LogP contribution >= 0.6 is 0 Å². The van der Waals surface area contributed by atoms with Crippen molar-refractivity contribution in [2.24, 2.45) is 0 Å². The van der Waals surface area contributed by atoms with Crippen molar-refractivity contribution < 1.29 is 23.1 Å². The predicted octanol–water partition coefficient (Wildman–Crippen LogP) is 2.57. The van der Waals surface area contributed by atoms with Crippen LogP contribution in [0.15, 0.2) is 36.7 Å². The molecule has 3 aliphatic rings. The molecular weight excluding hydrogens is 470 g/mol. The first-order chi connectivity index (χ1) is 17.4. The summed E-state index contributed by atoms with van der Waals surface area (Å²) in [5, 5.41) is 3.43. The summed E-state index contributed by atoms with van der Waals surface area (Å²) in [5.41, 5.74) is 5.90. The van der Waals surface area contributed by atoms with Gasteiger partial charge in [-0.2, -0.15) is 8.78 Å². The van der Waals surface area contributed by atoms with E-state index in [0.29, 0.717) is 17.9 Å². The lowest BCUT2D eigenvalue weighted by molar-refractivity contribution is -0.132. The highest BCUT2D eigenvalue weighted by molar-refractivity contribution is 5.95. The minimum Gasteiger partial charge on any atom is -0.378 e. The van der Waals surface area contributed by atoms with Crippen LogP contribution in [0, 0.1) is 0 Å². The lowest BCUT2D eigenvalue weighted by Gasteiger charge is -2.43. The summed E-state index contributed by atoms with van der Waals surface area (Å²) in [6.45, 7) is 3.98. The second-order valence-electron chi connectivity index (χ2n) is 9.72. The van der Waals surface area contributed by atoms with Gasteiger partial charge in [0.2, 0.25) is 5.95 Å². The Kier molecular flexibility index (Phi) is 7.10. The van der Waals surface area contributed by atoms with Gasteiger partial charge in [0.1, 0.15) is 0 Å². The molecule has 9 nitrogen and oxygen atoms in total. The van der Waals surface area contributed by atoms with Gasteiger partial charge in [-0.05, 0) is 62.2 Å². The monoisotopic (exact) mass is 500 g/mol. The molecule has 36 heavy (non-hydrogen) atoms. The van der Waals surface area contributed by atoms with E-state index in [1.54, 1.807) is 5.43 Å². The van der Waals surface area contributed by atoms with Crippen molar-refractivity contribution in [2.45, 2.75) is 56.0 Å². The molecule has 3 fully saturated rings. The number of aromatic nitrogens is 2. The van der Waals surface area contributed by atoms with Crippen LogP contribution in [-0.4, -0.2) is 65.5 Å². The number of piperidine rings is 1. The van der Waals surface area contributed by atoms with Gasteiger partial charge in [0.05, 0.1) is 30.4 Å². The summed E-state index contributed by atoms with van der Waals surface area (Å²) in [5.74, 6) is -1.42. The average Bonchev–Trinajstić information content (AvgIpc) is 2.84. The van der Waals surface area contributed by atoms with Crippen LogP contribution in [0.2, 0.25) is 0 Å². The second kappa shape index (κ2) is 10.4. The van der Waals surface area contributed by atoms with Crippen LogP contribution in [0.1, 0.15) is 59.5 Å². The van der Waals surface area contributed by atoms with E-state index >= 15 is 0 Å². The number of carbonyl (C=O) groups excluding carboxylic acids is 2. The molecule has 1 aromatic heterocycles. The molecule has 2 aliphatic heterocycles. The first-order valence-corrected chi connectivity index (χ1v) is 12.3. The van der Waals surface area contributed by atoms with Gasteiger partial charge >= 0.3 is 12.3 Å². The Bertz CT molecular complexity index is 1070. The summed E-state index contributed by atoms with van der Waals surface area (Å²) in [6.07, 6.45) is 4.66. The number of nitrogens with zero attached hydrogens (tertiary/aromatic N) is 3. The minimum absolute atomic E-state index is 0.0398. The molecule has 3 heterocycles. The van der Waals surface area contributed by atoms with E-state index in [2.05, 4.69) is 44.5 Å². The van der Waals surface area contributed by atoms with E-state index in [9.17, 15) is 18.4 Å². The standard InChI is InChI=1S/C25H30F2N6O3/c26-21(27)23(35)32-31-22(34)18-12-28-24(29-13-18)30-25(8-1-9-25)19-4-2-16(3-5-19)17-6-10-33(11-7-17)20-14-36-15-20/h2-5,12-13,17,20-21H,1,6-11,14-15H2,(H,31,34)(H,32,35)(H,28,29,30). The smallest absolute Gasteiger partial charge is 0.317 e. The predicted molar refractivity (Wildman–Crippen MR) is 127 cm³/mol. The molecule has 11 heteroatoms. The maximum Gasteiger partial charge on any atom is 0.317 e. The molecule has 2 saturated heterocycles. The number of anilines is 1. The fourth-order valence-corrected chi connectivity index (χ4v) is 5.09. The van der Waals surface area contributed by atoms with Crippen LogP contribution in [0.3, 0.4) is 0 Å². The molecule has 0 radical (unpaired) electrons. The molecule has 3 N–H and O–H groups in total. The molecule has 0 bridgehead atoms. The third-order valence-corrected chi connectivity index (χ3v) is 7.57. The van der Waals surface area contributed by atoms with Gasteiger partial charge in [-0.25, -0.2) is 9.97 Å². The molecule has 2 aromatic rings. The van der Waals surface area contributed by atoms with Gasteiger partial charge < -0.3 is 10.1 Å². The number of hydrogen-bond acceptors (Lipinski definition) is 7. The third kappa shape index (κ3) is 5.17. The highest BCUT2D eigenvalue weighted by Gasteiger charge is 2.39. The number of ether oxygens (including phenoxy) is 1. The molecule has 0 atom stereocenters. The van der Waals surface area contributed by atoms with Crippen molar-refractivity contribution in [3.05, 3.63) is 53.3 Å². The SMILES string of the molecule is O=C(NNC(=O)C(F)F)c1cnc(NC2(c3ccc(C4CCN(C5COC5)CC4)cc3)CCC2)nc1. The molecule has 1 aromatic carbocycles. The zero-order valence-electron chi connectivity index (χ0n) is 19.9. The Balaban J connectivity index is 1.18. The van der Waals surface area contributed by atoms with E-state index in [4.69, 9.17) is 4.74 Å². The van der Waals surface area contributed by atoms with Gasteiger partial charge in [0.25, 0.3) is 5.91 Å². The Morgan fingerprint density at radius 3 is 2.22 bits per heavy atom. The highest BCUT2D eigenvalue weighted by atomic mass is 19.3. The van der Waals surface area contributed by atoms with Crippen LogP contribution in [0.5, 0.6) is 0 Å². The summed E-state index contributed by atoms with van der Waals surface area (Å²) < 4.78 is 29.8. The molecule has 2 amide bonds. The summed E-state index contributed by atoms with van der Waals surface area (Å²) >= 11 is 0. The van der Waals surface area contributed by atoms with Gasteiger partial charge in [0.15, 0.2) is 0 Å². The Morgan fingerprint density at radius 2 is 1.69 bits per heavy atom. The number of halogens is 2. The topological polar surface area (TPSA) is 108 Å². The van der Waals surface area contributed by atoms with Gasteiger partial charge in [-0.1, -0.05) is 24.3 Å². The summed E-state index contributed by atoms with van der Waals surface area (Å²) in [6, 6.07) is 9.48. The van der Waals surface area contributed by atoms with Gasteiger partial charge in [-0.15, -0.1) is 0 Å². The first kappa shape index (κ1) is 24.5. The normalized spacial score (nSPS) is 20.3. The molecule has 1 aliphatic carbocycles. The lowest BCUT2D eigenvalue weighted by atomic mass is 9.71. The van der Waals surface area contributed by atoms with E-state index in [0.717, 1.165) is 45.6 Å². The Morgan fingerprint density at radius 1 is 1.03 bits per heavy atom. The van der Waals surface area contributed by atoms with Gasteiger partial charge in [0, 0.05) is 12.4 Å². The largest absolute Gasteiger partial charge is 0.378 e. The van der Waals surface area contributed by atoms with E-state index in [-0.39, 0.29) is 11.1 Å². The number of rotatable bonds is 7. The van der Waals surface area contributed by atoms with Crippen molar-refractivity contribution in [3.63, 3.8) is 0 Å². The van der Waals surface area contributed by atoms with E-state index in [1.807, 2.05) is 5.43 Å². The zero-order chi connectivity index (χ0) is 25.1. The van der Waals surface area contributed by atoms with Crippen molar-refractivity contribution >= 4 is 17.8 Å². The fourth-order valence-electron chi connectivity index (χ4n) is 5.09. The number of hydrogen-bond donors (Lipinski definition) is 3. The number of nitrogens with one attached hydrogen (secondary N) is 3. The number of benzene rings is 1. The zero-order valence-corrected chi connectivity index (χ0v) is 19.9. The number of amides is 2. The van der Waals surface area contributed by atoms with Crippen molar-refractivity contribution in [2.75, 3.05) is 31.6 Å². The van der Waals surface area contributed by atoms with Crippen LogP contribution in [0.25, 0.3) is 0 Å². The highest BCUT2D eigenvalue weighted by Crippen LogP contribution is 2.44. The van der Waals surface area contributed by atoms with Crippen LogP contribution in [0.4, 0.5) is 14.7 Å². The maximum atomic E-state index is 12.2. The number of carbonyl (C=O) groups is 2. The molecule has 1 saturated carbocycles. The average molecular weight is 501 g/mol. The Labute approximate surface area is 208 Å². The molecule has 0 unspecified atom stereocenters. The Hall–Kier alpha value is -3.18. The number of hydrazine groups is 1. The second-order valence-corrected chi connectivity index (χ2v) is 9.72. The molecule has 5 rings (SSSR count). The molecule has 192 valence electrons. The van der Waals surface area contributed by atoms with E-state index < -0.39 is 18.2 Å². The quantitative estimate of drug-likeness (QED) is 0.502. The summed E-state index contributed by atoms with van der Waals surface area (Å²) in [4.78, 5) is 33.9. The third-order valence-electron chi connectivity index (χ3n) is 7.57. The van der Waals surface area contributed by atoms with Crippen molar-refractivity contribution in [1.29, 1.82) is 0 Å². The lowest BCUT2D eigenvalue weighted by Crippen LogP contribution is -2.51. The molecule has 0 spiro atoms. The van der Waals surface area contributed by atoms with Gasteiger partial charge in [-0.3, -0.25) is 25.3 Å². The van der Waals surface area contributed by atoms with E-state index in [1.165, 1.54) is 36.4 Å². The fraction of sp³-hybridized carbons (Fsp3) is 0.520. The van der Waals surface area contributed by atoms with Crippen molar-refractivity contribution in [1.82, 2.24) is 25.7 Å². The summed E-state index contributed by atoms with van der Waals surface area (Å²) in [7, 11) is 0. The number of alkyl halides is 2. The maximum absolute atomic E-state index is 12.2. The first-order valence-electron chi connectivity index (χ1n) is 12.3.